The van der Waals surface area contributed by atoms with Gasteiger partial charge in [0.25, 0.3) is 5.91 Å². The molecule has 1 heterocycles. The predicted octanol–water partition coefficient (Wildman–Crippen LogP) is 2.81. The van der Waals surface area contributed by atoms with Crippen molar-refractivity contribution in [2.75, 3.05) is 34.4 Å². The second-order valence-corrected chi connectivity index (χ2v) is 8.97. The van der Waals surface area contributed by atoms with E-state index in [2.05, 4.69) is 52.0 Å². The molecule has 0 radical (unpaired) electrons. The summed E-state index contributed by atoms with van der Waals surface area (Å²) < 4.78 is 12.8. The molecule has 0 spiro atoms. The van der Waals surface area contributed by atoms with Gasteiger partial charge in [0.2, 0.25) is 0 Å². The highest BCUT2D eigenvalue weighted by atomic mass is 16.5. The number of hydrogen-bond acceptors (Lipinski definition) is 7. The lowest BCUT2D eigenvalue weighted by molar-refractivity contribution is -0.130. The molecule has 0 fully saturated rings. The average Bonchev–Trinajstić information content (AvgIpc) is 3.35. The van der Waals surface area contributed by atoms with E-state index in [1.807, 2.05) is 35.0 Å². The van der Waals surface area contributed by atoms with Crippen LogP contribution in [0.25, 0.3) is 0 Å². The lowest BCUT2D eigenvalue weighted by atomic mass is 9.91. The Kier molecular flexibility index (Phi) is 9.75. The van der Waals surface area contributed by atoms with Crippen molar-refractivity contribution in [3.05, 3.63) is 71.5 Å². The van der Waals surface area contributed by atoms with E-state index in [0.717, 1.165) is 30.7 Å². The van der Waals surface area contributed by atoms with E-state index in [1.54, 1.807) is 21.2 Å². The quantitative estimate of drug-likeness (QED) is 0.355. The molecule has 0 aliphatic carbocycles. The van der Waals surface area contributed by atoms with Gasteiger partial charge in [-0.2, -0.15) is 0 Å². The van der Waals surface area contributed by atoms with Crippen molar-refractivity contribution in [2.24, 2.45) is 0 Å². The van der Waals surface area contributed by atoms with E-state index < -0.39 is 5.54 Å². The summed E-state index contributed by atoms with van der Waals surface area (Å²) in [7, 11) is 5.12. The normalized spacial score (nSPS) is 12.8. The number of carbonyl (C=O) groups is 1. The Morgan fingerprint density at radius 2 is 1.89 bits per heavy atom. The van der Waals surface area contributed by atoms with Gasteiger partial charge in [0.05, 0.1) is 5.54 Å². The molecule has 9 nitrogen and oxygen atoms in total. The number of ether oxygens (including phenoxy) is 2. The first-order valence-corrected chi connectivity index (χ1v) is 11.9. The fourth-order valence-electron chi connectivity index (χ4n) is 3.74. The van der Waals surface area contributed by atoms with E-state index in [0.29, 0.717) is 25.4 Å². The molecule has 1 unspecified atom stereocenters. The van der Waals surface area contributed by atoms with Crippen LogP contribution in [0.5, 0.6) is 5.75 Å². The first-order chi connectivity index (χ1) is 16.9. The smallest absolute Gasteiger partial charge is 0.259 e. The standard InChI is InChI=1S/C26H36N6O3/c1-26(15-14-21-10-6-5-7-11-21,25-28-29-30-32(25)16-9-17-34-4)27-19-22-12-8-13-23(18-22)35-20-24(33)31(2)3/h5-8,10-13,18,27H,9,14-17,19-20H2,1-4H3. The van der Waals surface area contributed by atoms with Crippen LogP contribution < -0.4 is 10.1 Å². The molecule has 0 aliphatic rings. The topological polar surface area (TPSA) is 94.4 Å². The second-order valence-electron chi connectivity index (χ2n) is 8.97. The second kappa shape index (κ2) is 13.0. The Morgan fingerprint density at radius 1 is 1.11 bits per heavy atom. The number of amides is 1. The molecule has 1 N–H and O–H groups in total. The summed E-state index contributed by atoms with van der Waals surface area (Å²) in [4.78, 5) is 13.4. The van der Waals surface area contributed by atoms with Gasteiger partial charge < -0.3 is 19.7 Å². The van der Waals surface area contributed by atoms with Crippen LogP contribution in [0.3, 0.4) is 0 Å². The van der Waals surface area contributed by atoms with Crippen LogP contribution in [-0.4, -0.2) is 65.4 Å². The molecule has 188 valence electrons. The molecule has 0 aliphatic heterocycles. The van der Waals surface area contributed by atoms with Gasteiger partial charge in [-0.25, -0.2) is 4.68 Å². The van der Waals surface area contributed by atoms with E-state index in [1.165, 1.54) is 10.5 Å². The number of aryl methyl sites for hydroxylation is 2. The third-order valence-corrected chi connectivity index (χ3v) is 5.94. The fraction of sp³-hybridized carbons (Fsp3) is 0.462. The molecule has 0 saturated heterocycles. The zero-order valence-electron chi connectivity index (χ0n) is 21.1. The number of likely N-dealkylation sites (N-methyl/N-ethyl adjacent to an activating group) is 1. The van der Waals surface area contributed by atoms with Crippen LogP contribution in [0, 0.1) is 0 Å². The number of rotatable bonds is 14. The van der Waals surface area contributed by atoms with Crippen molar-refractivity contribution in [2.45, 2.75) is 44.8 Å². The Bertz CT molecular complexity index is 1060. The van der Waals surface area contributed by atoms with Crippen LogP contribution in [0.15, 0.2) is 54.6 Å². The van der Waals surface area contributed by atoms with Crippen molar-refractivity contribution in [1.29, 1.82) is 0 Å². The number of nitrogens with zero attached hydrogens (tertiary/aromatic N) is 5. The van der Waals surface area contributed by atoms with Crippen molar-refractivity contribution in [3.63, 3.8) is 0 Å². The minimum atomic E-state index is -0.468. The molecule has 1 aromatic heterocycles. The highest BCUT2D eigenvalue weighted by Gasteiger charge is 2.32. The van der Waals surface area contributed by atoms with Crippen LogP contribution >= 0.6 is 0 Å². The van der Waals surface area contributed by atoms with E-state index >= 15 is 0 Å². The predicted molar refractivity (Wildman–Crippen MR) is 134 cm³/mol. The SMILES string of the molecule is COCCCn1nnnc1C(C)(CCc1ccccc1)NCc1cccc(OCC(=O)N(C)C)c1. The molecule has 9 heteroatoms. The first kappa shape index (κ1) is 26.3. The molecular formula is C26H36N6O3. The molecule has 0 saturated carbocycles. The molecule has 1 atom stereocenters. The van der Waals surface area contributed by atoms with E-state index in [4.69, 9.17) is 9.47 Å². The number of nitrogens with one attached hydrogen (secondary N) is 1. The minimum absolute atomic E-state index is 0.00885. The monoisotopic (exact) mass is 480 g/mol. The number of aromatic nitrogens is 4. The Labute approximate surface area is 207 Å². The van der Waals surface area contributed by atoms with Crippen molar-refractivity contribution in [1.82, 2.24) is 30.4 Å². The van der Waals surface area contributed by atoms with Crippen molar-refractivity contribution >= 4 is 5.91 Å². The Morgan fingerprint density at radius 3 is 2.63 bits per heavy atom. The van der Waals surface area contributed by atoms with Crippen molar-refractivity contribution < 1.29 is 14.3 Å². The molecule has 2 aromatic carbocycles. The Balaban J connectivity index is 1.74. The lowest BCUT2D eigenvalue weighted by Gasteiger charge is -2.30. The molecule has 0 bridgehead atoms. The first-order valence-electron chi connectivity index (χ1n) is 11.9. The summed E-state index contributed by atoms with van der Waals surface area (Å²) in [6.07, 6.45) is 2.52. The summed E-state index contributed by atoms with van der Waals surface area (Å²) in [6.45, 7) is 4.08. The molecule has 3 rings (SSSR count). The molecule has 1 amide bonds. The summed E-state index contributed by atoms with van der Waals surface area (Å²) >= 11 is 0. The maximum absolute atomic E-state index is 11.9. The lowest BCUT2D eigenvalue weighted by Crippen LogP contribution is -2.42. The maximum Gasteiger partial charge on any atom is 0.259 e. The van der Waals surface area contributed by atoms with Crippen LogP contribution in [-0.2, 0) is 34.6 Å². The number of carbonyl (C=O) groups excluding carboxylic acids is 1. The van der Waals surface area contributed by atoms with E-state index in [9.17, 15) is 4.79 Å². The Hall–Kier alpha value is -3.30. The summed E-state index contributed by atoms with van der Waals surface area (Å²) in [5.41, 5.74) is 1.84. The van der Waals surface area contributed by atoms with Crippen molar-refractivity contribution in [3.8, 4) is 5.75 Å². The number of benzene rings is 2. The van der Waals surface area contributed by atoms with Crippen LogP contribution in [0.1, 0.15) is 36.7 Å². The van der Waals surface area contributed by atoms with Gasteiger partial charge in [0.15, 0.2) is 12.4 Å². The summed E-state index contributed by atoms with van der Waals surface area (Å²) in [5.74, 6) is 1.38. The zero-order chi connectivity index (χ0) is 25.1. The third kappa shape index (κ3) is 7.87. The fourth-order valence-corrected chi connectivity index (χ4v) is 3.74. The van der Waals surface area contributed by atoms with Gasteiger partial charge in [0, 0.05) is 40.9 Å². The molecular weight excluding hydrogens is 444 g/mol. The van der Waals surface area contributed by atoms with Gasteiger partial charge >= 0.3 is 0 Å². The summed E-state index contributed by atoms with van der Waals surface area (Å²) in [5, 5.41) is 16.3. The zero-order valence-corrected chi connectivity index (χ0v) is 21.1. The molecule has 3 aromatic rings. The minimum Gasteiger partial charge on any atom is -0.484 e. The largest absolute Gasteiger partial charge is 0.484 e. The van der Waals surface area contributed by atoms with Gasteiger partial charge in [-0.15, -0.1) is 5.10 Å². The number of hydrogen-bond donors (Lipinski definition) is 1. The highest BCUT2D eigenvalue weighted by molar-refractivity contribution is 5.77. The number of tetrazole rings is 1. The average molecular weight is 481 g/mol. The van der Waals surface area contributed by atoms with Gasteiger partial charge in [-0.05, 0) is 59.9 Å². The van der Waals surface area contributed by atoms with Gasteiger partial charge in [-0.3, -0.25) is 4.79 Å². The number of methoxy groups -OCH3 is 1. The van der Waals surface area contributed by atoms with Gasteiger partial charge in [-0.1, -0.05) is 42.5 Å². The van der Waals surface area contributed by atoms with E-state index in [-0.39, 0.29) is 12.5 Å². The maximum atomic E-state index is 11.9. The van der Waals surface area contributed by atoms with Crippen LogP contribution in [0.4, 0.5) is 0 Å². The summed E-state index contributed by atoms with van der Waals surface area (Å²) in [6, 6.07) is 18.2. The van der Waals surface area contributed by atoms with Gasteiger partial charge in [0.1, 0.15) is 5.75 Å². The third-order valence-electron chi connectivity index (χ3n) is 5.94. The highest BCUT2D eigenvalue weighted by Crippen LogP contribution is 2.26. The van der Waals surface area contributed by atoms with Crippen LogP contribution in [0.2, 0.25) is 0 Å². The molecule has 35 heavy (non-hydrogen) atoms.